The van der Waals surface area contributed by atoms with Crippen molar-refractivity contribution in [2.75, 3.05) is 18.6 Å². The van der Waals surface area contributed by atoms with E-state index in [1.54, 1.807) is 12.0 Å². The normalized spacial score (nSPS) is 22.4. The molecular weight excluding hydrogens is 652 g/mol. The number of aliphatic hydroxyl groups excluding tert-OH is 1. The Labute approximate surface area is 293 Å². The molecule has 252 valence electrons. The molecule has 0 aliphatic carbocycles. The molecule has 2 aliphatic rings. The van der Waals surface area contributed by atoms with Crippen molar-refractivity contribution in [2.24, 2.45) is 5.92 Å². The van der Waals surface area contributed by atoms with Crippen molar-refractivity contribution < 1.29 is 19.4 Å². The third-order valence-corrected chi connectivity index (χ3v) is 15.3. The van der Waals surface area contributed by atoms with E-state index < -0.39 is 13.7 Å². The summed E-state index contributed by atoms with van der Waals surface area (Å²) in [4.78, 5) is 16.8. The number of methoxy groups -OCH3 is 1. The zero-order valence-electron chi connectivity index (χ0n) is 28.2. The average molecular weight is 693 g/mol. The second kappa shape index (κ2) is 13.2. The van der Waals surface area contributed by atoms with Crippen LogP contribution in [-0.2, 0) is 21.7 Å². The number of halogens is 1. The van der Waals surface area contributed by atoms with Crippen molar-refractivity contribution >= 4 is 42.1 Å². The molecule has 2 aliphatic heterocycles. The number of anilines is 2. The van der Waals surface area contributed by atoms with Crippen LogP contribution < -0.4 is 14.8 Å². The van der Waals surface area contributed by atoms with Gasteiger partial charge in [0, 0.05) is 34.9 Å². The van der Waals surface area contributed by atoms with E-state index in [0.29, 0.717) is 23.7 Å². The fraction of sp³-hybridized carbons (Fsp3) is 0.308. The Kier molecular flexibility index (Phi) is 8.96. The fourth-order valence-electron chi connectivity index (χ4n) is 8.21. The number of amides is 1. The lowest BCUT2D eigenvalue weighted by molar-refractivity contribution is -0.145. The zero-order chi connectivity index (χ0) is 34.3. The number of para-hydroxylation sites is 1. The zero-order valence-corrected chi connectivity index (χ0v) is 29.9. The van der Waals surface area contributed by atoms with E-state index in [-0.39, 0.29) is 36.0 Å². The van der Waals surface area contributed by atoms with Gasteiger partial charge in [0.25, 0.3) is 5.91 Å². The van der Waals surface area contributed by atoms with Crippen LogP contribution in [0, 0.1) is 5.92 Å². The van der Waals surface area contributed by atoms with Gasteiger partial charge < -0.3 is 14.6 Å². The van der Waals surface area contributed by atoms with Gasteiger partial charge in [0.1, 0.15) is 5.75 Å². The molecule has 4 aromatic carbocycles. The van der Waals surface area contributed by atoms with E-state index in [4.69, 9.17) is 21.1 Å². The lowest BCUT2D eigenvalue weighted by Gasteiger charge is -2.37. The van der Waals surface area contributed by atoms with E-state index in [9.17, 15) is 9.90 Å². The highest BCUT2D eigenvalue weighted by Gasteiger charge is 2.66. The minimum Gasteiger partial charge on any atom is -0.497 e. The van der Waals surface area contributed by atoms with Gasteiger partial charge in [-0.05, 0) is 60.0 Å². The number of nitrogens with zero attached hydrogens (tertiary/aromatic N) is 4. The Morgan fingerprint density at radius 3 is 2.37 bits per heavy atom. The van der Waals surface area contributed by atoms with Gasteiger partial charge in [0.2, 0.25) is 0 Å². The molecule has 1 unspecified atom stereocenters. The first-order valence-electron chi connectivity index (χ1n) is 16.8. The van der Waals surface area contributed by atoms with E-state index in [0.717, 1.165) is 28.3 Å². The average Bonchev–Trinajstić information content (AvgIpc) is 3.78. The number of ether oxygens (including phenoxy) is 2. The van der Waals surface area contributed by atoms with Crippen LogP contribution in [0.5, 0.6) is 5.75 Å². The molecule has 7 rings (SSSR count). The molecule has 1 aromatic heterocycles. The molecule has 1 N–H and O–H groups in total. The summed E-state index contributed by atoms with van der Waals surface area (Å²) in [5.41, 5.74) is 2.94. The second-order valence-electron chi connectivity index (χ2n) is 13.6. The predicted molar refractivity (Wildman–Crippen MR) is 195 cm³/mol. The van der Waals surface area contributed by atoms with Gasteiger partial charge in [-0.3, -0.25) is 14.4 Å². The first kappa shape index (κ1) is 33.2. The Morgan fingerprint density at radius 1 is 1.00 bits per heavy atom. The van der Waals surface area contributed by atoms with Crippen LogP contribution in [-0.4, -0.2) is 53.9 Å². The molecule has 8 nitrogen and oxygen atoms in total. The number of benzene rings is 4. The van der Waals surface area contributed by atoms with E-state index in [2.05, 4.69) is 42.5 Å². The first-order valence-corrected chi connectivity index (χ1v) is 20.2. The number of carbonyl (C=O) groups excluding carboxylic acids is 1. The van der Waals surface area contributed by atoms with Crippen molar-refractivity contribution in [3.63, 3.8) is 0 Å². The summed E-state index contributed by atoms with van der Waals surface area (Å²) in [6.45, 7) is 7.39. The van der Waals surface area contributed by atoms with Gasteiger partial charge in [-0.1, -0.05) is 103 Å². The summed E-state index contributed by atoms with van der Waals surface area (Å²) in [5, 5.41) is 21.0. The van der Waals surface area contributed by atoms with Gasteiger partial charge in [0.15, 0.2) is 5.60 Å². The van der Waals surface area contributed by atoms with Crippen LogP contribution in [0.4, 0.5) is 11.4 Å². The summed E-state index contributed by atoms with van der Waals surface area (Å²) in [6.07, 6.45) is 2.27. The number of aryl methyl sites for hydroxylation is 1. The first-order chi connectivity index (χ1) is 23.7. The third kappa shape index (κ3) is 5.68. The largest absolute Gasteiger partial charge is 0.497 e. The third-order valence-electron chi connectivity index (χ3n) is 10.7. The number of hydrogen-bond acceptors (Lipinski definition) is 6. The molecule has 1 saturated heterocycles. The van der Waals surface area contributed by atoms with Crippen LogP contribution in [0.25, 0.3) is 0 Å². The minimum atomic E-state index is -2.33. The molecule has 1 fully saturated rings. The van der Waals surface area contributed by atoms with Crippen molar-refractivity contribution in [3.05, 3.63) is 131 Å². The van der Waals surface area contributed by atoms with Crippen molar-refractivity contribution in [1.82, 2.24) is 15.0 Å². The molecule has 0 radical (unpaired) electrons. The number of aromatic nitrogens is 3. The van der Waals surface area contributed by atoms with E-state index in [1.807, 2.05) is 102 Å². The van der Waals surface area contributed by atoms with Gasteiger partial charge in [-0.2, -0.15) is 0 Å². The molecule has 1 amide bonds. The highest BCUT2D eigenvalue weighted by molar-refractivity contribution is 6.91. The predicted octanol–water partition coefficient (Wildman–Crippen LogP) is 7.05. The highest BCUT2D eigenvalue weighted by atomic mass is 35.5. The summed E-state index contributed by atoms with van der Waals surface area (Å²) < 4.78 is 14.6. The molecular formula is C39H41ClN4O4Si. The van der Waals surface area contributed by atoms with Crippen molar-refractivity contribution in [1.29, 1.82) is 0 Å². The number of rotatable bonds is 10. The number of hydrogen-bond donors (Lipinski definition) is 1. The molecule has 1 spiro atoms. The van der Waals surface area contributed by atoms with E-state index in [1.165, 1.54) is 5.19 Å². The van der Waals surface area contributed by atoms with Crippen molar-refractivity contribution in [3.8, 4) is 5.75 Å². The standard InChI is InChI=1S/C39H41ClN4O4Si/c1-26-37(49(3,4)31-18-16-30(47-2)17-19-31)36(21-22-43-24-34(41-42-43)32(25-45)27-11-7-5-8-12-27)48-39(26)33-23-28(40)15-20-35(33)44(38(39)46)29-13-9-6-10-14-29/h5-20,23-24,26,32,36-37,45H,21-22,25H2,1-4H3/t26-,32?,36+,37-,39+/m0/s1. The quantitative estimate of drug-likeness (QED) is 0.158. The smallest absolute Gasteiger partial charge is 0.268 e. The Hall–Kier alpha value is -4.28. The lowest BCUT2D eigenvalue weighted by Crippen LogP contribution is -2.51. The fourth-order valence-corrected chi connectivity index (χ4v) is 12.4. The topological polar surface area (TPSA) is 89.7 Å². The van der Waals surface area contributed by atoms with Gasteiger partial charge in [-0.25, -0.2) is 0 Å². The number of aliphatic hydroxyl groups is 1. The van der Waals surface area contributed by atoms with Crippen LogP contribution in [0.15, 0.2) is 109 Å². The molecule has 5 atom stereocenters. The summed E-state index contributed by atoms with van der Waals surface area (Å²) >= 11 is 6.66. The monoisotopic (exact) mass is 692 g/mol. The summed E-state index contributed by atoms with van der Waals surface area (Å²) in [7, 11) is -0.655. The van der Waals surface area contributed by atoms with Gasteiger partial charge in [-0.15, -0.1) is 5.10 Å². The molecule has 0 bridgehead atoms. The number of carbonyl (C=O) groups is 1. The second-order valence-corrected chi connectivity index (χ2v) is 18.8. The van der Waals surface area contributed by atoms with Crippen LogP contribution in [0.2, 0.25) is 23.7 Å². The maximum Gasteiger partial charge on any atom is 0.268 e. The Balaban J connectivity index is 1.27. The van der Waals surface area contributed by atoms with Gasteiger partial charge >= 0.3 is 0 Å². The van der Waals surface area contributed by atoms with Crippen molar-refractivity contribution in [2.45, 2.75) is 56.1 Å². The maximum atomic E-state index is 15.0. The molecule has 0 saturated carbocycles. The van der Waals surface area contributed by atoms with Crippen LogP contribution in [0.3, 0.4) is 0 Å². The van der Waals surface area contributed by atoms with Crippen LogP contribution >= 0.6 is 11.6 Å². The van der Waals surface area contributed by atoms with E-state index >= 15 is 0 Å². The molecule has 10 heteroatoms. The Bertz CT molecular complexity index is 1940. The lowest BCUT2D eigenvalue weighted by atomic mass is 9.82. The molecule has 3 heterocycles. The summed E-state index contributed by atoms with van der Waals surface area (Å²) in [6, 6.07) is 33.7. The molecule has 5 aromatic rings. The number of fused-ring (bicyclic) bond motifs is 2. The van der Waals surface area contributed by atoms with Gasteiger partial charge in [0.05, 0.1) is 45.2 Å². The summed E-state index contributed by atoms with van der Waals surface area (Å²) in [5.74, 6) is 0.288. The SMILES string of the molecule is COc1ccc([Si](C)(C)[C@@H]2[C@@H](CCn3cc(C(CO)c4ccccc4)nn3)O[C@]3(C(=O)N(c4ccccc4)c4ccc(Cl)cc43)[C@H]2C)cc1. The maximum absolute atomic E-state index is 15.0. The molecule has 49 heavy (non-hydrogen) atoms. The van der Waals surface area contributed by atoms with Crippen LogP contribution in [0.1, 0.15) is 36.1 Å². The highest BCUT2D eigenvalue weighted by Crippen LogP contribution is 2.61. The minimum absolute atomic E-state index is 0.0601. The Morgan fingerprint density at radius 2 is 1.69 bits per heavy atom.